The standard InChI is InChI=1S/C13H16F3N3/c1-8-10-6-17-5-9(10)7-19(8)12-11(13(14,15)16)3-2-4-18-12/h2-4,8-10,17H,5-7H2,1H3. The van der Waals surface area contributed by atoms with Gasteiger partial charge in [-0.15, -0.1) is 0 Å². The van der Waals surface area contributed by atoms with E-state index in [4.69, 9.17) is 0 Å². The van der Waals surface area contributed by atoms with Gasteiger partial charge in [-0.1, -0.05) is 0 Å². The molecule has 6 heteroatoms. The van der Waals surface area contributed by atoms with E-state index in [0.29, 0.717) is 18.4 Å². The maximum atomic E-state index is 13.0. The van der Waals surface area contributed by atoms with Crippen LogP contribution >= 0.6 is 0 Å². The molecule has 3 rings (SSSR count). The molecule has 0 spiro atoms. The highest BCUT2D eigenvalue weighted by molar-refractivity contribution is 5.50. The topological polar surface area (TPSA) is 28.2 Å². The summed E-state index contributed by atoms with van der Waals surface area (Å²) in [6, 6.07) is 2.55. The average Bonchev–Trinajstić information content (AvgIpc) is 2.92. The molecule has 1 aromatic rings. The first kappa shape index (κ1) is 12.7. The number of pyridine rings is 1. The molecule has 0 aliphatic carbocycles. The molecule has 104 valence electrons. The normalized spacial score (nSPS) is 30.7. The molecule has 1 aromatic heterocycles. The van der Waals surface area contributed by atoms with Gasteiger partial charge < -0.3 is 10.2 Å². The predicted octanol–water partition coefficient (Wildman–Crippen LogP) is 2.14. The third-order valence-corrected chi connectivity index (χ3v) is 4.30. The van der Waals surface area contributed by atoms with Crippen molar-refractivity contribution in [1.82, 2.24) is 10.3 Å². The van der Waals surface area contributed by atoms with Crippen LogP contribution in [0.25, 0.3) is 0 Å². The molecule has 3 unspecified atom stereocenters. The van der Waals surface area contributed by atoms with Crippen LogP contribution in [0.3, 0.4) is 0 Å². The van der Waals surface area contributed by atoms with Crippen molar-refractivity contribution >= 4 is 5.82 Å². The van der Waals surface area contributed by atoms with E-state index in [-0.39, 0.29) is 11.9 Å². The first-order valence-corrected chi connectivity index (χ1v) is 6.48. The third kappa shape index (κ3) is 2.08. The Balaban J connectivity index is 1.95. The van der Waals surface area contributed by atoms with Crippen LogP contribution in [0.15, 0.2) is 18.3 Å². The van der Waals surface area contributed by atoms with Crippen LogP contribution in [0.2, 0.25) is 0 Å². The summed E-state index contributed by atoms with van der Waals surface area (Å²) in [5.41, 5.74) is -0.630. The van der Waals surface area contributed by atoms with Gasteiger partial charge in [0.15, 0.2) is 0 Å². The highest BCUT2D eigenvalue weighted by Crippen LogP contribution is 2.40. The summed E-state index contributed by atoms with van der Waals surface area (Å²) >= 11 is 0. The summed E-state index contributed by atoms with van der Waals surface area (Å²) in [5.74, 6) is 0.929. The van der Waals surface area contributed by atoms with E-state index >= 15 is 0 Å². The quantitative estimate of drug-likeness (QED) is 0.848. The molecule has 0 bridgehead atoms. The molecule has 0 saturated carbocycles. The van der Waals surface area contributed by atoms with Gasteiger partial charge in [0.25, 0.3) is 0 Å². The molecule has 0 amide bonds. The Kier molecular flexibility index (Phi) is 2.92. The van der Waals surface area contributed by atoms with E-state index in [1.807, 2.05) is 11.8 Å². The molecule has 3 nitrogen and oxygen atoms in total. The molecule has 0 aromatic carbocycles. The minimum absolute atomic E-state index is 0.0805. The SMILES string of the molecule is CC1C2CNCC2CN1c1ncccc1C(F)(F)F. The highest BCUT2D eigenvalue weighted by Gasteiger charge is 2.45. The van der Waals surface area contributed by atoms with Gasteiger partial charge in [-0.05, 0) is 30.9 Å². The zero-order chi connectivity index (χ0) is 13.6. The molecule has 2 saturated heterocycles. The van der Waals surface area contributed by atoms with Gasteiger partial charge >= 0.3 is 6.18 Å². The number of aromatic nitrogens is 1. The zero-order valence-electron chi connectivity index (χ0n) is 10.6. The molecule has 2 aliphatic rings. The lowest BCUT2D eigenvalue weighted by Gasteiger charge is -2.27. The van der Waals surface area contributed by atoms with E-state index in [2.05, 4.69) is 10.3 Å². The first-order chi connectivity index (χ1) is 8.98. The Labute approximate surface area is 109 Å². The second kappa shape index (κ2) is 4.37. The molecule has 2 fully saturated rings. The van der Waals surface area contributed by atoms with Crippen molar-refractivity contribution in [2.75, 3.05) is 24.5 Å². The monoisotopic (exact) mass is 271 g/mol. The van der Waals surface area contributed by atoms with Gasteiger partial charge in [0.2, 0.25) is 0 Å². The van der Waals surface area contributed by atoms with Crippen LogP contribution in [0.1, 0.15) is 12.5 Å². The molecule has 3 atom stereocenters. The second-order valence-corrected chi connectivity index (χ2v) is 5.35. The van der Waals surface area contributed by atoms with Gasteiger partial charge in [0.05, 0.1) is 5.56 Å². The van der Waals surface area contributed by atoms with Crippen molar-refractivity contribution in [2.45, 2.75) is 19.1 Å². The van der Waals surface area contributed by atoms with Gasteiger partial charge in [0, 0.05) is 31.9 Å². The summed E-state index contributed by atoms with van der Waals surface area (Å²) in [5, 5.41) is 3.30. The minimum Gasteiger partial charge on any atom is -0.353 e. The fourth-order valence-electron chi connectivity index (χ4n) is 3.29. The molecule has 1 N–H and O–H groups in total. The van der Waals surface area contributed by atoms with Crippen LogP contribution in [0.5, 0.6) is 0 Å². The number of nitrogens with one attached hydrogen (secondary N) is 1. The molecular formula is C13H16F3N3. The Morgan fingerprint density at radius 3 is 2.84 bits per heavy atom. The summed E-state index contributed by atoms with van der Waals surface area (Å²) in [6.45, 7) is 4.42. The molecule has 3 heterocycles. The molecule has 2 aliphatic heterocycles. The number of hydrogen-bond acceptors (Lipinski definition) is 3. The third-order valence-electron chi connectivity index (χ3n) is 4.30. The lowest BCUT2D eigenvalue weighted by molar-refractivity contribution is -0.137. The van der Waals surface area contributed by atoms with Crippen LogP contribution in [-0.4, -0.2) is 30.7 Å². The van der Waals surface area contributed by atoms with E-state index in [1.54, 1.807) is 0 Å². The number of rotatable bonds is 1. The van der Waals surface area contributed by atoms with E-state index < -0.39 is 11.7 Å². The number of nitrogens with zero attached hydrogens (tertiary/aromatic N) is 2. The van der Waals surface area contributed by atoms with Gasteiger partial charge in [-0.3, -0.25) is 0 Å². The lowest BCUT2D eigenvalue weighted by atomic mass is 9.95. The van der Waals surface area contributed by atoms with Crippen molar-refractivity contribution in [3.63, 3.8) is 0 Å². The van der Waals surface area contributed by atoms with Crippen molar-refractivity contribution in [3.8, 4) is 0 Å². The summed E-state index contributed by atoms with van der Waals surface area (Å²) in [7, 11) is 0. The largest absolute Gasteiger partial charge is 0.419 e. The highest BCUT2D eigenvalue weighted by atomic mass is 19.4. The fourth-order valence-corrected chi connectivity index (χ4v) is 3.29. The number of alkyl halides is 3. The Morgan fingerprint density at radius 1 is 1.37 bits per heavy atom. The maximum Gasteiger partial charge on any atom is 0.419 e. The summed E-state index contributed by atoms with van der Waals surface area (Å²) < 4.78 is 39.1. The van der Waals surface area contributed by atoms with E-state index in [1.165, 1.54) is 12.3 Å². The van der Waals surface area contributed by atoms with Crippen LogP contribution < -0.4 is 10.2 Å². The van der Waals surface area contributed by atoms with Crippen LogP contribution in [-0.2, 0) is 6.18 Å². The maximum absolute atomic E-state index is 13.0. The Morgan fingerprint density at radius 2 is 2.16 bits per heavy atom. The Hall–Kier alpha value is -1.30. The summed E-state index contributed by atoms with van der Waals surface area (Å²) in [6.07, 6.45) is -2.91. The van der Waals surface area contributed by atoms with Crippen molar-refractivity contribution in [1.29, 1.82) is 0 Å². The van der Waals surface area contributed by atoms with Gasteiger partial charge in [-0.2, -0.15) is 13.2 Å². The van der Waals surface area contributed by atoms with Crippen molar-refractivity contribution in [2.24, 2.45) is 11.8 Å². The summed E-state index contributed by atoms with van der Waals surface area (Å²) in [4.78, 5) is 5.81. The van der Waals surface area contributed by atoms with Crippen molar-refractivity contribution < 1.29 is 13.2 Å². The zero-order valence-corrected chi connectivity index (χ0v) is 10.6. The number of fused-ring (bicyclic) bond motifs is 1. The number of anilines is 1. The van der Waals surface area contributed by atoms with Crippen LogP contribution in [0.4, 0.5) is 19.0 Å². The smallest absolute Gasteiger partial charge is 0.353 e. The first-order valence-electron chi connectivity index (χ1n) is 6.48. The van der Waals surface area contributed by atoms with Gasteiger partial charge in [-0.25, -0.2) is 4.98 Å². The second-order valence-electron chi connectivity index (χ2n) is 5.35. The number of hydrogen-bond donors (Lipinski definition) is 1. The lowest BCUT2D eigenvalue weighted by Crippen LogP contribution is -2.35. The van der Waals surface area contributed by atoms with Crippen molar-refractivity contribution in [3.05, 3.63) is 23.9 Å². The number of halogens is 3. The van der Waals surface area contributed by atoms with Gasteiger partial charge in [0.1, 0.15) is 5.82 Å². The van der Waals surface area contributed by atoms with E-state index in [0.717, 1.165) is 19.2 Å². The molecule has 0 radical (unpaired) electrons. The molecular weight excluding hydrogens is 255 g/mol. The predicted molar refractivity (Wildman–Crippen MR) is 65.9 cm³/mol. The Bertz CT molecular complexity index is 474. The molecule has 19 heavy (non-hydrogen) atoms. The van der Waals surface area contributed by atoms with E-state index in [9.17, 15) is 13.2 Å². The average molecular weight is 271 g/mol. The fraction of sp³-hybridized carbons (Fsp3) is 0.615. The minimum atomic E-state index is -4.35. The van der Waals surface area contributed by atoms with Crippen LogP contribution in [0, 0.1) is 11.8 Å².